The minimum absolute atomic E-state index is 0.0341. The van der Waals surface area contributed by atoms with Crippen LogP contribution in [0.25, 0.3) is 21.1 Å². The third kappa shape index (κ3) is 15.9. The highest BCUT2D eigenvalue weighted by Crippen LogP contribution is 2.35. The largest absolute Gasteiger partial charge is 0.488 e. The number of nitrogens with zero attached hydrogens (tertiary/aromatic N) is 7. The van der Waals surface area contributed by atoms with Gasteiger partial charge in [0.1, 0.15) is 53.9 Å². The number of carboxylic acid groups (broad SMARTS) is 1. The highest BCUT2D eigenvalue weighted by molar-refractivity contribution is 7.15. The normalized spacial score (nSPS) is 13.8. The molecule has 0 saturated carbocycles. The molecule has 1 N–H and O–H groups in total. The van der Waals surface area contributed by atoms with Gasteiger partial charge in [0, 0.05) is 54.6 Å². The molecule has 16 nitrogen and oxygen atoms in total. The fraction of sp³-hybridized carbons (Fsp3) is 0.318. The molecule has 10 rings (SSSR count). The molecule has 18 heteroatoms. The minimum atomic E-state index is -0.890. The second kappa shape index (κ2) is 29.3. The Labute approximate surface area is 498 Å². The summed E-state index contributed by atoms with van der Waals surface area (Å²) in [5.41, 5.74) is 10.7. The molecule has 1 aliphatic rings. The Hall–Kier alpha value is -8.29. The molecule has 3 atom stereocenters. The van der Waals surface area contributed by atoms with Gasteiger partial charge in [-0.25, -0.2) is 19.7 Å². The monoisotopic (exact) mass is 1170 g/mol. The summed E-state index contributed by atoms with van der Waals surface area (Å²) in [7, 11) is 0. The van der Waals surface area contributed by atoms with E-state index in [1.54, 1.807) is 34.8 Å². The Bertz CT molecular complexity index is 3490. The van der Waals surface area contributed by atoms with Gasteiger partial charge in [-0.1, -0.05) is 141 Å². The lowest BCUT2D eigenvalue weighted by Gasteiger charge is -2.22. The van der Waals surface area contributed by atoms with Crippen molar-refractivity contribution < 1.29 is 42.7 Å². The molecule has 0 spiro atoms. The van der Waals surface area contributed by atoms with Crippen LogP contribution in [0.2, 0.25) is 0 Å². The molecule has 5 aromatic carbocycles. The number of imide groups is 1. The van der Waals surface area contributed by atoms with Crippen LogP contribution in [0.1, 0.15) is 113 Å². The average Bonchev–Trinajstić information content (AvgIpc) is 4.55. The van der Waals surface area contributed by atoms with Crippen molar-refractivity contribution >= 4 is 40.6 Å². The third-order valence-electron chi connectivity index (χ3n) is 15.0. The van der Waals surface area contributed by atoms with Crippen LogP contribution in [-0.4, -0.2) is 96.9 Å². The summed E-state index contributed by atoms with van der Waals surface area (Å²) < 4.78 is 27.6. The molecule has 1 aliphatic heterocycles. The molecule has 436 valence electrons. The van der Waals surface area contributed by atoms with Crippen LogP contribution < -0.4 is 9.47 Å². The van der Waals surface area contributed by atoms with Gasteiger partial charge in [-0.2, -0.15) is 0 Å². The van der Waals surface area contributed by atoms with Crippen LogP contribution in [0, 0.1) is 13.8 Å². The lowest BCUT2D eigenvalue weighted by Crippen LogP contribution is -2.40. The number of hydrogen-bond acceptors (Lipinski definition) is 16. The molecule has 4 aromatic heterocycles. The predicted molar refractivity (Wildman–Crippen MR) is 325 cm³/mol. The number of aryl methyl sites for hydroxylation is 2. The molecule has 1 saturated heterocycles. The zero-order valence-corrected chi connectivity index (χ0v) is 49.9. The Morgan fingerprint density at radius 2 is 1.06 bits per heavy atom. The lowest BCUT2D eigenvalue weighted by molar-refractivity contribution is -0.137. The molecule has 84 heavy (non-hydrogen) atoms. The van der Waals surface area contributed by atoms with Crippen molar-refractivity contribution in [1.29, 1.82) is 0 Å². The summed E-state index contributed by atoms with van der Waals surface area (Å²) in [6.07, 6.45) is 2.83. The smallest absolute Gasteiger partial charge is 0.416 e. The summed E-state index contributed by atoms with van der Waals surface area (Å²) in [6.45, 7) is 19.8. The molecule has 0 unspecified atom stereocenters. The molecule has 0 bridgehead atoms. The van der Waals surface area contributed by atoms with Gasteiger partial charge in [-0.05, 0) is 98.5 Å². The second-order valence-electron chi connectivity index (χ2n) is 20.5. The number of ether oxygens (including phenoxy) is 3. The van der Waals surface area contributed by atoms with Crippen LogP contribution in [0.3, 0.4) is 0 Å². The minimum Gasteiger partial charge on any atom is -0.488 e. The number of benzene rings is 5. The highest BCUT2D eigenvalue weighted by atomic mass is 32.1. The first kappa shape index (κ1) is 60.3. The van der Waals surface area contributed by atoms with Crippen molar-refractivity contribution in [1.82, 2.24) is 35.0 Å². The van der Waals surface area contributed by atoms with Gasteiger partial charge >= 0.3 is 12.1 Å². The Morgan fingerprint density at radius 3 is 1.48 bits per heavy atom. The maximum absolute atomic E-state index is 13.6. The number of aliphatic carboxylic acids is 1. The summed E-state index contributed by atoms with van der Waals surface area (Å²) in [4.78, 5) is 55.4. The number of hydrogen-bond donors (Lipinski definition) is 1. The Morgan fingerprint density at radius 1 is 0.607 bits per heavy atom. The highest BCUT2D eigenvalue weighted by Gasteiger charge is 2.39. The summed E-state index contributed by atoms with van der Waals surface area (Å²) in [5, 5.41) is 19.3. The van der Waals surface area contributed by atoms with E-state index in [9.17, 15) is 19.5 Å². The van der Waals surface area contributed by atoms with Gasteiger partial charge in [-0.15, -0.1) is 22.7 Å². The number of carbonyl (C=O) groups is 3. The number of rotatable bonds is 26. The molecular formula is C66H71N7O9S2. The lowest BCUT2D eigenvalue weighted by atomic mass is 9.91. The zero-order valence-electron chi connectivity index (χ0n) is 48.3. The topological polar surface area (TPSA) is 187 Å². The van der Waals surface area contributed by atoms with E-state index in [1.165, 1.54) is 28.6 Å². The van der Waals surface area contributed by atoms with E-state index in [4.69, 9.17) is 33.2 Å². The first-order chi connectivity index (χ1) is 40.9. The molecule has 5 heterocycles. The zero-order chi connectivity index (χ0) is 59.0. The predicted octanol–water partition coefficient (Wildman–Crippen LogP) is 13.8. The van der Waals surface area contributed by atoms with Gasteiger partial charge in [0.2, 0.25) is 5.91 Å². The van der Waals surface area contributed by atoms with E-state index in [0.29, 0.717) is 42.5 Å². The van der Waals surface area contributed by atoms with Gasteiger partial charge in [-0.3, -0.25) is 19.4 Å². The van der Waals surface area contributed by atoms with E-state index < -0.39 is 18.0 Å². The maximum Gasteiger partial charge on any atom is 0.416 e. The summed E-state index contributed by atoms with van der Waals surface area (Å²) >= 11 is 3.28. The van der Waals surface area contributed by atoms with E-state index in [0.717, 1.165) is 98.2 Å². The van der Waals surface area contributed by atoms with Gasteiger partial charge in [0.25, 0.3) is 0 Å². The van der Waals surface area contributed by atoms with Crippen molar-refractivity contribution in [3.8, 4) is 32.6 Å². The second-order valence-corrected chi connectivity index (χ2v) is 22.7. The van der Waals surface area contributed by atoms with Crippen LogP contribution >= 0.6 is 22.7 Å². The van der Waals surface area contributed by atoms with Crippen molar-refractivity contribution in [2.75, 3.05) is 32.8 Å². The number of carbonyl (C=O) groups excluding carboxylic acids is 2. The first-order valence-electron chi connectivity index (χ1n) is 28.4. The number of cyclic esters (lactones) is 1. The number of aromatic nitrogens is 4. The number of thiazole rings is 2. The Kier molecular flexibility index (Phi) is 21.0. The fourth-order valence-electron chi connectivity index (χ4n) is 10.0. The molecular weight excluding hydrogens is 1100 g/mol. The molecule has 9 aromatic rings. The first-order valence-corrected chi connectivity index (χ1v) is 30.1. The standard InChI is InChI=1S/C38H40N4O5S.C28H31N3O4S/c1-4-41(5-2)23-28-11-13-30(14-12-28)37-39-26(3)35(48-37)25-45-32-17-15-29(16-18-32)33(34-19-20-47-40-34)22-36(43)42-31(24-46-38(42)44)21-27-9-7-6-8-10-27;1-4-31(5-2)17-20-6-8-22(9-7-20)28-29-19(3)26(36-28)18-34-23-12-10-21(11-13-23)24(16-27(32)33)25-14-15-35-30-25/h6-20,31,33H,4-5,21-25H2,1-3H3;6-15,24H,4-5,16-18H2,1-3H3,(H,32,33)/t31-,33-;24-/m00/s1. The van der Waals surface area contributed by atoms with Crippen LogP contribution in [-0.2, 0) is 47.1 Å². The van der Waals surface area contributed by atoms with Crippen molar-refractivity contribution in [2.24, 2.45) is 0 Å². The molecule has 2 amide bonds. The van der Waals surface area contributed by atoms with Crippen molar-refractivity contribution in [3.05, 3.63) is 212 Å². The molecule has 0 aliphatic carbocycles. The quantitative estimate of drug-likeness (QED) is 0.0539. The van der Waals surface area contributed by atoms with Crippen LogP contribution in [0.15, 0.2) is 161 Å². The number of amides is 2. The van der Waals surface area contributed by atoms with Gasteiger partial charge in [0.05, 0.1) is 45.0 Å². The third-order valence-corrected chi connectivity index (χ3v) is 17.4. The van der Waals surface area contributed by atoms with Gasteiger partial charge < -0.3 is 28.4 Å². The summed E-state index contributed by atoms with van der Waals surface area (Å²) in [6, 6.07) is 45.3. The number of carboxylic acids is 1. The van der Waals surface area contributed by atoms with E-state index >= 15 is 0 Å². The van der Waals surface area contributed by atoms with Crippen LogP contribution in [0.4, 0.5) is 4.79 Å². The maximum atomic E-state index is 13.6. The van der Waals surface area contributed by atoms with Gasteiger partial charge in [0.15, 0.2) is 0 Å². The van der Waals surface area contributed by atoms with Crippen LogP contribution in [0.5, 0.6) is 11.5 Å². The van der Waals surface area contributed by atoms with E-state index in [-0.39, 0.29) is 37.3 Å². The summed E-state index contributed by atoms with van der Waals surface area (Å²) in [5.74, 6) is -0.589. The van der Waals surface area contributed by atoms with E-state index in [2.05, 4.69) is 96.3 Å². The molecule has 0 radical (unpaired) electrons. The van der Waals surface area contributed by atoms with E-state index in [1.807, 2.05) is 92.7 Å². The fourth-order valence-corrected chi connectivity index (χ4v) is 12.0. The van der Waals surface area contributed by atoms with Crippen molar-refractivity contribution in [3.63, 3.8) is 0 Å². The molecule has 1 fully saturated rings. The average molecular weight is 1170 g/mol. The SMILES string of the molecule is CCN(CC)Cc1ccc(-c2nc(C)c(COc3ccc([C@H](CC(=O)N4C(=O)OC[C@@H]4Cc4ccccc4)c4ccon4)cc3)s2)cc1.CCN(CC)Cc1ccc(-c2nc(C)c(COc3ccc([C@H](CC(=O)O)c4ccon4)cc3)s2)cc1. The van der Waals surface area contributed by atoms with Crippen molar-refractivity contribution in [2.45, 2.75) is 105 Å². The Balaban J connectivity index is 0.000000210.